The summed E-state index contributed by atoms with van der Waals surface area (Å²) in [5.74, 6) is 1.82. The van der Waals surface area contributed by atoms with E-state index >= 15 is 0 Å². The van der Waals surface area contributed by atoms with Crippen LogP contribution < -0.4 is 20.1 Å². The van der Waals surface area contributed by atoms with Crippen molar-refractivity contribution in [2.45, 2.75) is 24.7 Å². The van der Waals surface area contributed by atoms with E-state index in [4.69, 9.17) is 9.47 Å². The minimum Gasteiger partial charge on any atom is -0.486 e. The van der Waals surface area contributed by atoms with Gasteiger partial charge in [0.2, 0.25) is 11.8 Å². The molecule has 0 atom stereocenters. The number of hydrogen-bond acceptors (Lipinski definition) is 5. The highest BCUT2D eigenvalue weighted by molar-refractivity contribution is 8.00. The number of aryl methyl sites for hydroxylation is 1. The predicted molar refractivity (Wildman–Crippen MR) is 109 cm³/mol. The fourth-order valence-electron chi connectivity index (χ4n) is 2.87. The van der Waals surface area contributed by atoms with Gasteiger partial charge in [0.25, 0.3) is 0 Å². The molecule has 1 heterocycles. The van der Waals surface area contributed by atoms with Crippen LogP contribution in [0.1, 0.15) is 18.4 Å². The van der Waals surface area contributed by atoms with Crippen LogP contribution in [0.3, 0.4) is 0 Å². The molecule has 0 bridgehead atoms. The molecule has 1 aliphatic carbocycles. The molecular formula is C21H22N2O4S. The Hall–Kier alpha value is -2.67. The van der Waals surface area contributed by atoms with E-state index in [1.807, 2.05) is 43.3 Å². The van der Waals surface area contributed by atoms with Crippen molar-refractivity contribution in [3.8, 4) is 11.5 Å². The third-order valence-electron chi connectivity index (χ3n) is 4.61. The zero-order valence-electron chi connectivity index (χ0n) is 15.6. The second-order valence-corrected chi connectivity index (χ2v) is 7.98. The molecule has 0 unspecified atom stereocenters. The van der Waals surface area contributed by atoms with Crippen LogP contribution in [-0.2, 0) is 9.59 Å². The lowest BCUT2D eigenvalue weighted by atomic mass is 10.1. The summed E-state index contributed by atoms with van der Waals surface area (Å²) in [6.07, 6.45) is 1.91. The van der Waals surface area contributed by atoms with Crippen molar-refractivity contribution in [1.29, 1.82) is 0 Å². The van der Waals surface area contributed by atoms with Gasteiger partial charge in [-0.15, -0.1) is 11.8 Å². The highest BCUT2D eigenvalue weighted by Gasteiger charge is 2.29. The second-order valence-electron chi connectivity index (χ2n) is 6.94. The van der Waals surface area contributed by atoms with E-state index < -0.39 is 0 Å². The fraction of sp³-hybridized carbons (Fsp3) is 0.333. The van der Waals surface area contributed by atoms with Gasteiger partial charge in [-0.2, -0.15) is 0 Å². The summed E-state index contributed by atoms with van der Waals surface area (Å²) in [6.45, 7) is 3.02. The molecule has 0 saturated heterocycles. The van der Waals surface area contributed by atoms with Crippen LogP contribution in [0.15, 0.2) is 41.3 Å². The van der Waals surface area contributed by atoms with E-state index in [0.29, 0.717) is 30.3 Å². The van der Waals surface area contributed by atoms with Crippen LogP contribution in [0.4, 0.5) is 11.4 Å². The van der Waals surface area contributed by atoms with Gasteiger partial charge in [0.05, 0.1) is 5.75 Å². The molecular weight excluding hydrogens is 376 g/mol. The number of benzene rings is 2. The van der Waals surface area contributed by atoms with Crippen LogP contribution in [0.5, 0.6) is 11.5 Å². The summed E-state index contributed by atoms with van der Waals surface area (Å²) in [5.41, 5.74) is 2.36. The third-order valence-corrected chi connectivity index (χ3v) is 5.60. The lowest BCUT2D eigenvalue weighted by molar-refractivity contribution is -0.117. The number of fused-ring (bicyclic) bond motifs is 1. The zero-order valence-corrected chi connectivity index (χ0v) is 16.4. The van der Waals surface area contributed by atoms with Crippen molar-refractivity contribution < 1.29 is 19.1 Å². The molecule has 28 heavy (non-hydrogen) atoms. The highest BCUT2D eigenvalue weighted by atomic mass is 32.2. The van der Waals surface area contributed by atoms with Crippen molar-refractivity contribution in [1.82, 2.24) is 0 Å². The minimum atomic E-state index is -0.103. The monoisotopic (exact) mass is 398 g/mol. The molecule has 0 radical (unpaired) electrons. The second kappa shape index (κ2) is 8.14. The SMILES string of the molecule is Cc1ccc(NC(=O)C2CC2)cc1NC(=O)CSc1ccc2c(c1)OCCO2. The van der Waals surface area contributed by atoms with Gasteiger partial charge in [0.1, 0.15) is 13.2 Å². The number of carbonyl (C=O) groups excluding carboxylic acids is 2. The van der Waals surface area contributed by atoms with Crippen LogP contribution in [0, 0.1) is 12.8 Å². The van der Waals surface area contributed by atoms with Gasteiger partial charge in [-0.1, -0.05) is 6.07 Å². The van der Waals surface area contributed by atoms with Crippen molar-refractivity contribution in [2.24, 2.45) is 5.92 Å². The maximum atomic E-state index is 12.4. The topological polar surface area (TPSA) is 76.7 Å². The molecule has 2 aliphatic rings. The Morgan fingerprint density at radius 2 is 1.82 bits per heavy atom. The Morgan fingerprint density at radius 3 is 2.61 bits per heavy atom. The number of rotatable bonds is 6. The van der Waals surface area contributed by atoms with Gasteiger partial charge in [-0.05, 0) is 55.7 Å². The first-order valence-corrected chi connectivity index (χ1v) is 10.3. The molecule has 2 aromatic carbocycles. The highest BCUT2D eigenvalue weighted by Crippen LogP contribution is 2.34. The molecule has 1 saturated carbocycles. The Labute approximate surface area is 168 Å². The van der Waals surface area contributed by atoms with E-state index in [9.17, 15) is 9.59 Å². The number of anilines is 2. The first kappa shape index (κ1) is 18.7. The number of carbonyl (C=O) groups is 2. The first-order chi connectivity index (χ1) is 13.6. The Bertz CT molecular complexity index is 911. The van der Waals surface area contributed by atoms with Crippen LogP contribution in [0.2, 0.25) is 0 Å². The Morgan fingerprint density at radius 1 is 1.04 bits per heavy atom. The van der Waals surface area contributed by atoms with Crippen molar-refractivity contribution in [3.63, 3.8) is 0 Å². The summed E-state index contributed by atoms with van der Waals surface area (Å²) < 4.78 is 11.1. The maximum Gasteiger partial charge on any atom is 0.234 e. The van der Waals surface area contributed by atoms with Crippen LogP contribution >= 0.6 is 11.8 Å². The van der Waals surface area contributed by atoms with Crippen LogP contribution in [-0.4, -0.2) is 30.8 Å². The predicted octanol–water partition coefficient (Wildman–Crippen LogP) is 3.85. The summed E-state index contributed by atoms with van der Waals surface area (Å²) in [5, 5.41) is 5.84. The molecule has 2 N–H and O–H groups in total. The minimum absolute atomic E-state index is 0.0512. The number of amides is 2. The van der Waals surface area contributed by atoms with Gasteiger partial charge in [0.15, 0.2) is 11.5 Å². The smallest absolute Gasteiger partial charge is 0.234 e. The van der Waals surface area contributed by atoms with E-state index in [1.165, 1.54) is 11.8 Å². The van der Waals surface area contributed by atoms with Crippen molar-refractivity contribution in [3.05, 3.63) is 42.0 Å². The van der Waals surface area contributed by atoms with Gasteiger partial charge in [0, 0.05) is 22.2 Å². The van der Waals surface area contributed by atoms with E-state index in [-0.39, 0.29) is 23.5 Å². The maximum absolute atomic E-state index is 12.4. The summed E-state index contributed by atoms with van der Waals surface area (Å²) in [6, 6.07) is 11.2. The molecule has 4 rings (SSSR count). The van der Waals surface area contributed by atoms with Crippen molar-refractivity contribution in [2.75, 3.05) is 29.6 Å². The molecule has 0 spiro atoms. The van der Waals surface area contributed by atoms with Gasteiger partial charge in [-0.3, -0.25) is 9.59 Å². The Balaban J connectivity index is 1.34. The lowest BCUT2D eigenvalue weighted by Crippen LogP contribution is -2.17. The van der Waals surface area contributed by atoms with Gasteiger partial charge < -0.3 is 20.1 Å². The number of ether oxygens (including phenoxy) is 2. The van der Waals surface area contributed by atoms with E-state index in [1.54, 1.807) is 0 Å². The van der Waals surface area contributed by atoms with E-state index in [0.717, 1.165) is 29.1 Å². The van der Waals surface area contributed by atoms with E-state index in [2.05, 4.69) is 10.6 Å². The number of hydrogen-bond donors (Lipinski definition) is 2. The largest absolute Gasteiger partial charge is 0.486 e. The molecule has 6 nitrogen and oxygen atoms in total. The zero-order chi connectivity index (χ0) is 19.5. The normalized spacial score (nSPS) is 15.0. The molecule has 7 heteroatoms. The number of nitrogens with one attached hydrogen (secondary N) is 2. The average molecular weight is 398 g/mol. The van der Waals surface area contributed by atoms with Crippen molar-refractivity contribution >= 4 is 35.0 Å². The molecule has 0 aromatic heterocycles. The standard InChI is InChI=1S/C21H22N2O4S/c1-13-2-5-15(22-21(25)14-3-4-14)10-17(13)23-20(24)12-28-16-6-7-18-19(11-16)27-9-8-26-18/h2,5-7,10-11,14H,3-4,8-9,12H2,1H3,(H,22,25)(H,23,24). The molecule has 1 fully saturated rings. The quantitative estimate of drug-likeness (QED) is 0.723. The third kappa shape index (κ3) is 4.59. The fourth-order valence-corrected chi connectivity index (χ4v) is 3.60. The van der Waals surface area contributed by atoms with Gasteiger partial charge >= 0.3 is 0 Å². The van der Waals surface area contributed by atoms with Gasteiger partial charge in [-0.25, -0.2) is 0 Å². The number of thioether (sulfide) groups is 1. The molecule has 2 amide bonds. The average Bonchev–Trinajstić information content (AvgIpc) is 3.54. The summed E-state index contributed by atoms with van der Waals surface area (Å²) in [7, 11) is 0. The first-order valence-electron chi connectivity index (χ1n) is 9.32. The lowest BCUT2D eigenvalue weighted by Gasteiger charge is -2.18. The summed E-state index contributed by atoms with van der Waals surface area (Å²) in [4.78, 5) is 25.3. The Kier molecular flexibility index (Phi) is 5.43. The summed E-state index contributed by atoms with van der Waals surface area (Å²) >= 11 is 1.44. The molecule has 1 aliphatic heterocycles. The molecule has 146 valence electrons. The van der Waals surface area contributed by atoms with Crippen LogP contribution in [0.25, 0.3) is 0 Å². The molecule has 2 aromatic rings.